The number of hydrogen-bond donors (Lipinski definition) is 2. The first-order chi connectivity index (χ1) is 7.18. The maximum Gasteiger partial charge on any atom is 0.222 e. The van der Waals surface area contributed by atoms with E-state index in [1.807, 2.05) is 19.0 Å². The van der Waals surface area contributed by atoms with Crippen LogP contribution in [-0.4, -0.2) is 63.8 Å². The van der Waals surface area contributed by atoms with Crippen LogP contribution in [0.15, 0.2) is 0 Å². The van der Waals surface area contributed by atoms with Crippen molar-refractivity contribution in [2.75, 3.05) is 46.9 Å². The normalized spacial score (nSPS) is 20.3. The maximum atomic E-state index is 11.5. The Labute approximate surface area is 103 Å². The van der Waals surface area contributed by atoms with Crippen molar-refractivity contribution >= 4 is 18.3 Å². The van der Waals surface area contributed by atoms with Gasteiger partial charge in [0.1, 0.15) is 0 Å². The zero-order chi connectivity index (χ0) is 11.1. The van der Waals surface area contributed by atoms with E-state index in [9.17, 15) is 4.79 Å². The van der Waals surface area contributed by atoms with Crippen molar-refractivity contribution in [2.24, 2.45) is 0 Å². The van der Waals surface area contributed by atoms with Crippen molar-refractivity contribution in [3.05, 3.63) is 0 Å². The van der Waals surface area contributed by atoms with E-state index in [0.29, 0.717) is 19.6 Å². The molecule has 1 heterocycles. The highest BCUT2D eigenvalue weighted by Gasteiger charge is 2.16. The smallest absolute Gasteiger partial charge is 0.222 e. The molecule has 0 aromatic rings. The van der Waals surface area contributed by atoms with Crippen LogP contribution in [0.25, 0.3) is 0 Å². The van der Waals surface area contributed by atoms with E-state index in [2.05, 4.69) is 10.6 Å². The maximum absolute atomic E-state index is 11.5. The number of morpholine rings is 1. The number of hydrogen-bond acceptors (Lipinski definition) is 4. The summed E-state index contributed by atoms with van der Waals surface area (Å²) in [7, 11) is 3.97. The monoisotopic (exact) mass is 251 g/mol. The molecule has 0 aliphatic carbocycles. The van der Waals surface area contributed by atoms with Gasteiger partial charge in [0.05, 0.1) is 19.1 Å². The van der Waals surface area contributed by atoms with Gasteiger partial charge in [0.15, 0.2) is 0 Å². The van der Waals surface area contributed by atoms with Gasteiger partial charge in [-0.2, -0.15) is 0 Å². The topological polar surface area (TPSA) is 53.6 Å². The second kappa shape index (κ2) is 8.75. The Bertz CT molecular complexity index is 197. The first kappa shape index (κ1) is 15.6. The molecule has 0 aromatic heterocycles. The highest BCUT2D eigenvalue weighted by Crippen LogP contribution is 2.00. The van der Waals surface area contributed by atoms with Gasteiger partial charge in [-0.05, 0) is 14.1 Å². The minimum atomic E-state index is 0. The lowest BCUT2D eigenvalue weighted by molar-refractivity contribution is -0.124. The fraction of sp³-hybridized carbons (Fsp3) is 0.900. The Balaban J connectivity index is 0.00000225. The molecule has 2 N–H and O–H groups in total. The molecule has 1 aliphatic rings. The standard InChI is InChI=1S/C10H21N3O2.ClH/c1-13(2)5-3-12-10(14)7-9-8-11-4-6-15-9;/h9,11H,3-8H2,1-2H3,(H,12,14);1H. The summed E-state index contributed by atoms with van der Waals surface area (Å²) >= 11 is 0. The molecule has 1 saturated heterocycles. The van der Waals surface area contributed by atoms with E-state index in [1.54, 1.807) is 0 Å². The van der Waals surface area contributed by atoms with Gasteiger partial charge in [-0.25, -0.2) is 0 Å². The molecule has 1 aliphatic heterocycles. The molecule has 1 rings (SSSR count). The van der Waals surface area contributed by atoms with Crippen molar-refractivity contribution in [3.63, 3.8) is 0 Å². The van der Waals surface area contributed by atoms with Crippen LogP contribution in [0.3, 0.4) is 0 Å². The summed E-state index contributed by atoms with van der Waals surface area (Å²) in [6.07, 6.45) is 0.499. The van der Waals surface area contributed by atoms with Crippen LogP contribution in [0.5, 0.6) is 0 Å². The molecule has 1 unspecified atom stereocenters. The Morgan fingerprint density at radius 3 is 2.88 bits per heavy atom. The van der Waals surface area contributed by atoms with E-state index in [-0.39, 0.29) is 24.4 Å². The summed E-state index contributed by atoms with van der Waals surface area (Å²) < 4.78 is 5.44. The third-order valence-corrected chi connectivity index (χ3v) is 2.30. The Morgan fingerprint density at radius 2 is 2.31 bits per heavy atom. The first-order valence-corrected chi connectivity index (χ1v) is 5.42. The largest absolute Gasteiger partial charge is 0.375 e. The van der Waals surface area contributed by atoms with E-state index in [0.717, 1.165) is 19.6 Å². The molecule has 0 aromatic carbocycles. The summed E-state index contributed by atoms with van der Waals surface area (Å²) in [5.74, 6) is 0.0746. The third-order valence-electron chi connectivity index (χ3n) is 2.30. The molecule has 0 radical (unpaired) electrons. The Kier molecular flexibility index (Phi) is 8.56. The average molecular weight is 252 g/mol. The summed E-state index contributed by atoms with van der Waals surface area (Å²) in [6, 6.07) is 0. The highest BCUT2D eigenvalue weighted by molar-refractivity contribution is 5.85. The third kappa shape index (κ3) is 7.00. The Hall–Kier alpha value is -0.360. The van der Waals surface area contributed by atoms with E-state index in [4.69, 9.17) is 4.74 Å². The molecule has 6 heteroatoms. The molecular weight excluding hydrogens is 230 g/mol. The molecular formula is C10H22ClN3O2. The number of likely N-dealkylation sites (N-methyl/N-ethyl adjacent to an activating group) is 1. The number of carbonyl (C=O) groups excluding carboxylic acids is 1. The zero-order valence-corrected chi connectivity index (χ0v) is 10.8. The van der Waals surface area contributed by atoms with E-state index < -0.39 is 0 Å². The van der Waals surface area contributed by atoms with Crippen LogP contribution in [0.1, 0.15) is 6.42 Å². The van der Waals surface area contributed by atoms with Crippen LogP contribution in [0.4, 0.5) is 0 Å². The van der Waals surface area contributed by atoms with Gasteiger partial charge in [0, 0.05) is 26.2 Å². The second-order valence-corrected chi connectivity index (χ2v) is 4.05. The summed E-state index contributed by atoms with van der Waals surface area (Å²) in [5.41, 5.74) is 0. The molecule has 16 heavy (non-hydrogen) atoms. The fourth-order valence-electron chi connectivity index (χ4n) is 1.45. The molecule has 0 spiro atoms. The average Bonchev–Trinajstić information content (AvgIpc) is 2.18. The lowest BCUT2D eigenvalue weighted by Gasteiger charge is -2.23. The molecule has 0 saturated carbocycles. The number of carbonyl (C=O) groups is 1. The molecule has 96 valence electrons. The number of nitrogens with zero attached hydrogens (tertiary/aromatic N) is 1. The Morgan fingerprint density at radius 1 is 1.56 bits per heavy atom. The lowest BCUT2D eigenvalue weighted by atomic mass is 10.2. The zero-order valence-electron chi connectivity index (χ0n) is 9.99. The minimum absolute atomic E-state index is 0. The van der Waals surface area contributed by atoms with Crippen molar-refractivity contribution in [3.8, 4) is 0 Å². The van der Waals surface area contributed by atoms with Crippen LogP contribution in [-0.2, 0) is 9.53 Å². The number of ether oxygens (including phenoxy) is 1. The first-order valence-electron chi connectivity index (χ1n) is 5.42. The minimum Gasteiger partial charge on any atom is -0.375 e. The predicted octanol–water partition coefficient (Wildman–Crippen LogP) is -0.535. The van der Waals surface area contributed by atoms with Gasteiger partial charge in [0.25, 0.3) is 0 Å². The van der Waals surface area contributed by atoms with Crippen molar-refractivity contribution in [1.29, 1.82) is 0 Å². The SMILES string of the molecule is CN(C)CCNC(=O)CC1CNCCO1.Cl. The molecule has 1 atom stereocenters. The van der Waals surface area contributed by atoms with Gasteiger partial charge < -0.3 is 20.3 Å². The lowest BCUT2D eigenvalue weighted by Crippen LogP contribution is -2.42. The second-order valence-electron chi connectivity index (χ2n) is 4.05. The molecule has 0 bridgehead atoms. The summed E-state index contributed by atoms with van der Waals surface area (Å²) in [5, 5.41) is 6.07. The molecule has 5 nitrogen and oxygen atoms in total. The van der Waals surface area contributed by atoms with Gasteiger partial charge in [0.2, 0.25) is 5.91 Å². The quantitative estimate of drug-likeness (QED) is 0.690. The van der Waals surface area contributed by atoms with E-state index in [1.165, 1.54) is 0 Å². The van der Waals surface area contributed by atoms with Crippen molar-refractivity contribution < 1.29 is 9.53 Å². The van der Waals surface area contributed by atoms with Crippen LogP contribution < -0.4 is 10.6 Å². The van der Waals surface area contributed by atoms with Crippen molar-refractivity contribution in [2.45, 2.75) is 12.5 Å². The van der Waals surface area contributed by atoms with Crippen LogP contribution in [0, 0.1) is 0 Å². The number of amides is 1. The molecule has 1 fully saturated rings. The highest BCUT2D eigenvalue weighted by atomic mass is 35.5. The number of nitrogens with one attached hydrogen (secondary N) is 2. The predicted molar refractivity (Wildman–Crippen MR) is 66.0 cm³/mol. The summed E-state index contributed by atoms with van der Waals surface area (Å²) in [4.78, 5) is 13.5. The van der Waals surface area contributed by atoms with Gasteiger partial charge >= 0.3 is 0 Å². The van der Waals surface area contributed by atoms with Gasteiger partial charge in [-0.3, -0.25) is 4.79 Å². The molecule has 1 amide bonds. The van der Waals surface area contributed by atoms with E-state index >= 15 is 0 Å². The van der Waals surface area contributed by atoms with Gasteiger partial charge in [-0.15, -0.1) is 12.4 Å². The van der Waals surface area contributed by atoms with Crippen LogP contribution >= 0.6 is 12.4 Å². The van der Waals surface area contributed by atoms with Gasteiger partial charge in [-0.1, -0.05) is 0 Å². The number of rotatable bonds is 5. The summed E-state index contributed by atoms with van der Waals surface area (Å²) in [6.45, 7) is 3.94. The fourth-order valence-corrected chi connectivity index (χ4v) is 1.45. The number of halogens is 1. The van der Waals surface area contributed by atoms with Crippen molar-refractivity contribution in [1.82, 2.24) is 15.5 Å². The van der Waals surface area contributed by atoms with Crippen LogP contribution in [0.2, 0.25) is 0 Å².